The van der Waals surface area contributed by atoms with E-state index < -0.39 is 0 Å². The number of rotatable bonds is 7. The van der Waals surface area contributed by atoms with Crippen molar-refractivity contribution in [2.75, 3.05) is 6.54 Å². The Kier molecular flexibility index (Phi) is 5.76. The number of nitrogens with one attached hydrogen (secondary N) is 1. The van der Waals surface area contributed by atoms with Crippen LogP contribution in [0.15, 0.2) is 23.0 Å². The van der Waals surface area contributed by atoms with Gasteiger partial charge in [0.25, 0.3) is 5.56 Å². The predicted octanol–water partition coefficient (Wildman–Crippen LogP) is 2.78. The third-order valence-corrected chi connectivity index (χ3v) is 3.93. The van der Waals surface area contributed by atoms with Gasteiger partial charge >= 0.3 is 0 Å². The van der Waals surface area contributed by atoms with Crippen LogP contribution in [0.2, 0.25) is 5.02 Å². The van der Waals surface area contributed by atoms with Gasteiger partial charge in [0, 0.05) is 5.02 Å². The van der Waals surface area contributed by atoms with Crippen LogP contribution >= 0.6 is 11.6 Å². The number of hydrogen-bond donors (Lipinski definition) is 2. The third kappa shape index (κ3) is 4.29. The van der Waals surface area contributed by atoms with E-state index in [2.05, 4.69) is 29.1 Å². The normalized spacial score (nSPS) is 12.7. The number of hydrogen-bond acceptors (Lipinski definition) is 2. The molecule has 0 aliphatic carbocycles. The van der Waals surface area contributed by atoms with Crippen molar-refractivity contribution in [3.8, 4) is 0 Å². The molecule has 0 aliphatic rings. The number of fused-ring (bicyclic) bond motifs is 1. The van der Waals surface area contributed by atoms with Crippen LogP contribution in [-0.4, -0.2) is 16.5 Å². The first kappa shape index (κ1) is 16.0. The monoisotopic (exact) mass is 308 g/mol. The Morgan fingerprint density at radius 2 is 2.14 bits per heavy atom. The SMILES string of the molecule is CCCCCC[NH2+][C@H](C)c1nc2cc(Cl)ccc2c(=O)[nH]1. The minimum Gasteiger partial charge on any atom is -0.338 e. The molecule has 0 amide bonds. The number of benzene rings is 1. The van der Waals surface area contributed by atoms with Crippen LogP contribution in [0, 0.1) is 0 Å². The van der Waals surface area contributed by atoms with Crippen LogP contribution in [0.3, 0.4) is 0 Å². The van der Waals surface area contributed by atoms with E-state index in [4.69, 9.17) is 11.6 Å². The molecule has 0 aliphatic heterocycles. The van der Waals surface area contributed by atoms with E-state index in [1.165, 1.54) is 25.7 Å². The number of quaternary nitrogens is 1. The molecule has 0 spiro atoms. The molecule has 1 heterocycles. The summed E-state index contributed by atoms with van der Waals surface area (Å²) in [6, 6.07) is 5.31. The summed E-state index contributed by atoms with van der Waals surface area (Å²) < 4.78 is 0. The van der Waals surface area contributed by atoms with Crippen molar-refractivity contribution in [1.82, 2.24) is 9.97 Å². The van der Waals surface area contributed by atoms with Gasteiger partial charge in [0.05, 0.1) is 17.4 Å². The zero-order valence-corrected chi connectivity index (χ0v) is 13.4. The van der Waals surface area contributed by atoms with Gasteiger partial charge < -0.3 is 10.3 Å². The second-order valence-electron chi connectivity index (χ2n) is 5.49. The smallest absolute Gasteiger partial charge is 0.258 e. The van der Waals surface area contributed by atoms with Crippen LogP contribution in [-0.2, 0) is 0 Å². The molecule has 21 heavy (non-hydrogen) atoms. The van der Waals surface area contributed by atoms with Crippen molar-refractivity contribution in [3.63, 3.8) is 0 Å². The lowest BCUT2D eigenvalue weighted by molar-refractivity contribution is -0.694. The highest BCUT2D eigenvalue weighted by Crippen LogP contribution is 2.15. The Bertz CT molecular complexity index is 654. The molecule has 114 valence electrons. The van der Waals surface area contributed by atoms with Crippen molar-refractivity contribution in [2.45, 2.75) is 45.6 Å². The Hall–Kier alpha value is -1.39. The minimum absolute atomic E-state index is 0.0992. The number of nitrogens with zero attached hydrogens (tertiary/aromatic N) is 1. The molecule has 1 aromatic carbocycles. The summed E-state index contributed by atoms with van der Waals surface area (Å²) in [7, 11) is 0. The molecular formula is C16H23ClN3O+. The summed E-state index contributed by atoms with van der Waals surface area (Å²) in [6.45, 7) is 5.33. The van der Waals surface area contributed by atoms with Gasteiger partial charge in [0.2, 0.25) is 0 Å². The minimum atomic E-state index is -0.0992. The first-order valence-electron chi connectivity index (χ1n) is 7.64. The second-order valence-corrected chi connectivity index (χ2v) is 5.92. The highest BCUT2D eigenvalue weighted by Gasteiger charge is 2.13. The van der Waals surface area contributed by atoms with Crippen molar-refractivity contribution < 1.29 is 5.32 Å². The maximum atomic E-state index is 12.1. The van der Waals surface area contributed by atoms with Gasteiger partial charge in [-0.15, -0.1) is 0 Å². The molecule has 0 unspecified atom stereocenters. The predicted molar refractivity (Wildman–Crippen MR) is 86.7 cm³/mol. The lowest BCUT2D eigenvalue weighted by Gasteiger charge is -2.10. The largest absolute Gasteiger partial charge is 0.338 e. The summed E-state index contributed by atoms with van der Waals surface area (Å²) in [5.41, 5.74) is 0.561. The Labute approximate surface area is 129 Å². The topological polar surface area (TPSA) is 62.4 Å². The molecule has 0 bridgehead atoms. The van der Waals surface area contributed by atoms with E-state index in [-0.39, 0.29) is 11.6 Å². The molecule has 0 fully saturated rings. The summed E-state index contributed by atoms with van der Waals surface area (Å²) >= 11 is 5.97. The first-order valence-corrected chi connectivity index (χ1v) is 8.02. The van der Waals surface area contributed by atoms with E-state index in [0.717, 1.165) is 6.54 Å². The number of unbranched alkanes of at least 4 members (excludes halogenated alkanes) is 3. The molecule has 0 saturated carbocycles. The molecule has 0 saturated heterocycles. The van der Waals surface area contributed by atoms with Gasteiger partial charge in [-0.3, -0.25) is 4.79 Å². The molecule has 0 radical (unpaired) electrons. The van der Waals surface area contributed by atoms with Crippen LogP contribution in [0.1, 0.15) is 51.4 Å². The number of H-pyrrole nitrogens is 1. The van der Waals surface area contributed by atoms with Crippen LogP contribution < -0.4 is 10.9 Å². The molecule has 5 heteroatoms. The maximum absolute atomic E-state index is 12.1. The molecular weight excluding hydrogens is 286 g/mol. The van der Waals surface area contributed by atoms with Crippen LogP contribution in [0.4, 0.5) is 0 Å². The number of aromatic nitrogens is 2. The van der Waals surface area contributed by atoms with Crippen molar-refractivity contribution in [3.05, 3.63) is 39.4 Å². The van der Waals surface area contributed by atoms with E-state index in [1.807, 2.05) is 0 Å². The fourth-order valence-electron chi connectivity index (χ4n) is 2.40. The zero-order chi connectivity index (χ0) is 15.2. The van der Waals surface area contributed by atoms with Crippen molar-refractivity contribution in [1.29, 1.82) is 0 Å². The van der Waals surface area contributed by atoms with Gasteiger partial charge in [-0.05, 0) is 38.0 Å². The molecule has 1 atom stereocenters. The maximum Gasteiger partial charge on any atom is 0.258 e. The second kappa shape index (κ2) is 7.57. The van der Waals surface area contributed by atoms with Crippen molar-refractivity contribution in [2.24, 2.45) is 0 Å². The fraction of sp³-hybridized carbons (Fsp3) is 0.500. The van der Waals surface area contributed by atoms with E-state index >= 15 is 0 Å². The van der Waals surface area contributed by atoms with E-state index in [1.54, 1.807) is 18.2 Å². The molecule has 2 rings (SSSR count). The Morgan fingerprint density at radius 1 is 1.33 bits per heavy atom. The number of halogens is 1. The lowest BCUT2D eigenvalue weighted by atomic mass is 10.2. The van der Waals surface area contributed by atoms with Crippen LogP contribution in [0.5, 0.6) is 0 Å². The summed E-state index contributed by atoms with van der Waals surface area (Å²) in [5, 5.41) is 3.41. The standard InChI is InChI=1S/C16H22ClN3O/c1-3-4-5-6-9-18-11(2)15-19-14-10-12(17)7-8-13(14)16(21)20-15/h7-8,10-11,18H,3-6,9H2,1-2H3,(H,19,20,21)/p+1/t11-/m1/s1. The molecule has 2 aromatic rings. The molecule has 4 nitrogen and oxygen atoms in total. The number of nitrogens with two attached hydrogens (primary N) is 1. The first-order chi connectivity index (χ1) is 10.1. The van der Waals surface area contributed by atoms with Crippen LogP contribution in [0.25, 0.3) is 10.9 Å². The summed E-state index contributed by atoms with van der Waals surface area (Å²) in [5.74, 6) is 0.713. The van der Waals surface area contributed by atoms with Gasteiger partial charge in [-0.25, -0.2) is 4.98 Å². The van der Waals surface area contributed by atoms with E-state index in [9.17, 15) is 4.79 Å². The summed E-state index contributed by atoms with van der Waals surface area (Å²) in [4.78, 5) is 19.5. The third-order valence-electron chi connectivity index (χ3n) is 3.70. The Balaban J connectivity index is 2.09. The van der Waals surface area contributed by atoms with Gasteiger partial charge in [0.1, 0.15) is 6.04 Å². The number of aromatic amines is 1. The van der Waals surface area contributed by atoms with Gasteiger partial charge in [-0.2, -0.15) is 0 Å². The fourth-order valence-corrected chi connectivity index (χ4v) is 2.56. The average Bonchev–Trinajstić information content (AvgIpc) is 2.46. The van der Waals surface area contributed by atoms with Gasteiger partial charge in [0.15, 0.2) is 5.82 Å². The highest BCUT2D eigenvalue weighted by molar-refractivity contribution is 6.31. The quantitative estimate of drug-likeness (QED) is 0.773. The average molecular weight is 309 g/mol. The molecule has 3 N–H and O–H groups in total. The zero-order valence-electron chi connectivity index (χ0n) is 12.7. The molecule has 1 aromatic heterocycles. The van der Waals surface area contributed by atoms with E-state index in [0.29, 0.717) is 21.7 Å². The van der Waals surface area contributed by atoms with Crippen molar-refractivity contribution >= 4 is 22.5 Å². The lowest BCUT2D eigenvalue weighted by Crippen LogP contribution is -2.85. The Morgan fingerprint density at radius 3 is 2.90 bits per heavy atom. The highest BCUT2D eigenvalue weighted by atomic mass is 35.5. The van der Waals surface area contributed by atoms with Gasteiger partial charge in [-0.1, -0.05) is 31.4 Å². The summed E-state index contributed by atoms with van der Waals surface area (Å²) in [6.07, 6.45) is 4.99.